The van der Waals surface area contributed by atoms with Crippen LogP contribution in [0.15, 0.2) is 72.9 Å². The van der Waals surface area contributed by atoms with E-state index in [1.165, 1.54) is 180 Å². The van der Waals surface area contributed by atoms with Crippen LogP contribution in [0.2, 0.25) is 0 Å². The fraction of sp³-hybridized carbons (Fsp3) is 0.783. The summed E-state index contributed by atoms with van der Waals surface area (Å²) in [6, 6.07) is 0. The third-order valence-corrected chi connectivity index (χ3v) is 14.2. The highest BCUT2D eigenvalue weighted by Crippen LogP contribution is 2.17. The minimum Gasteiger partial charge on any atom is -0.462 e. The quantitative estimate of drug-likeness (QED) is 0.0261. The van der Waals surface area contributed by atoms with Gasteiger partial charge in [-0.1, -0.05) is 293 Å². The summed E-state index contributed by atoms with van der Waals surface area (Å²) in [4.78, 5) is 38.3. The van der Waals surface area contributed by atoms with Crippen LogP contribution in [-0.4, -0.2) is 37.2 Å². The van der Waals surface area contributed by atoms with E-state index in [-0.39, 0.29) is 31.1 Å². The molecular formula is C69H122O6. The maximum atomic E-state index is 12.9. The van der Waals surface area contributed by atoms with Gasteiger partial charge in [0.2, 0.25) is 0 Å². The van der Waals surface area contributed by atoms with Gasteiger partial charge in [0.15, 0.2) is 6.10 Å². The number of rotatable bonds is 59. The molecule has 1 atom stereocenters. The predicted molar refractivity (Wildman–Crippen MR) is 325 cm³/mol. The van der Waals surface area contributed by atoms with Crippen LogP contribution in [0.3, 0.4) is 0 Å². The topological polar surface area (TPSA) is 78.9 Å². The van der Waals surface area contributed by atoms with Gasteiger partial charge in [-0.05, 0) is 89.9 Å². The molecule has 75 heavy (non-hydrogen) atoms. The Morgan fingerprint density at radius 3 is 0.813 bits per heavy atom. The molecule has 0 saturated heterocycles. The zero-order valence-electron chi connectivity index (χ0n) is 49.8. The standard InChI is InChI=1S/C69H122O6/c1-4-7-10-13-16-19-22-25-27-28-29-30-31-32-33-34-35-36-37-38-39-40-42-44-47-50-53-56-59-62-68(71)74-65-66(64-73-67(70)61-58-55-52-49-46-43-24-21-18-15-12-9-6-3)75-69(72)63-60-57-54-51-48-45-41-26-23-20-17-14-11-8-5-2/h8,11,17,20,22,25-26,28-29,31-32,41,66H,4-7,9-10,12-16,18-19,21,23-24,27,30,33-40,42-65H2,1-3H3/b11-8-,20-17-,25-22-,29-28-,32-31-,41-26-. The number of carbonyl (C=O) groups is 3. The van der Waals surface area contributed by atoms with Gasteiger partial charge in [0.25, 0.3) is 0 Å². The SMILES string of the molecule is CC/C=C\C/C=C\C/C=C\CCCCCCCC(=O)OC(COC(=O)CCCCCCCCCCCCCCC)COC(=O)CCCCCCCCCCCCCCCC/C=C\C/C=C\C/C=C\CCCCCCC. The van der Waals surface area contributed by atoms with E-state index in [9.17, 15) is 14.4 Å². The molecule has 0 aromatic heterocycles. The number of carbonyl (C=O) groups excluding carboxylic acids is 3. The molecule has 0 aliphatic heterocycles. The molecule has 0 aromatic carbocycles. The van der Waals surface area contributed by atoms with Crippen molar-refractivity contribution in [3.8, 4) is 0 Å². The van der Waals surface area contributed by atoms with Crippen molar-refractivity contribution in [1.29, 1.82) is 0 Å². The molecule has 0 amide bonds. The van der Waals surface area contributed by atoms with Crippen molar-refractivity contribution in [2.24, 2.45) is 0 Å². The second kappa shape index (κ2) is 63.4. The maximum absolute atomic E-state index is 12.9. The molecule has 0 aliphatic rings. The fourth-order valence-electron chi connectivity index (χ4n) is 9.35. The van der Waals surface area contributed by atoms with Crippen LogP contribution in [-0.2, 0) is 28.6 Å². The van der Waals surface area contributed by atoms with Crippen LogP contribution in [0.1, 0.15) is 329 Å². The Labute approximate surface area is 465 Å². The molecule has 0 rings (SSSR count). The van der Waals surface area contributed by atoms with Gasteiger partial charge in [-0.3, -0.25) is 14.4 Å². The van der Waals surface area contributed by atoms with Gasteiger partial charge in [-0.25, -0.2) is 0 Å². The molecule has 0 heterocycles. The van der Waals surface area contributed by atoms with Gasteiger partial charge >= 0.3 is 17.9 Å². The number of esters is 3. The van der Waals surface area contributed by atoms with Gasteiger partial charge in [0, 0.05) is 19.3 Å². The molecule has 0 aliphatic carbocycles. The number of hydrogen-bond donors (Lipinski definition) is 0. The molecule has 0 aromatic rings. The minimum atomic E-state index is -0.783. The molecule has 6 nitrogen and oxygen atoms in total. The second-order valence-corrected chi connectivity index (χ2v) is 21.6. The van der Waals surface area contributed by atoms with Crippen LogP contribution in [0.25, 0.3) is 0 Å². The lowest BCUT2D eigenvalue weighted by Gasteiger charge is -2.18. The smallest absolute Gasteiger partial charge is 0.306 e. The van der Waals surface area contributed by atoms with Crippen molar-refractivity contribution in [3.63, 3.8) is 0 Å². The fourth-order valence-corrected chi connectivity index (χ4v) is 9.35. The summed E-state index contributed by atoms with van der Waals surface area (Å²) in [7, 11) is 0. The van der Waals surface area contributed by atoms with Gasteiger partial charge in [-0.2, -0.15) is 0 Å². The lowest BCUT2D eigenvalue weighted by Crippen LogP contribution is -2.30. The van der Waals surface area contributed by atoms with E-state index >= 15 is 0 Å². The van der Waals surface area contributed by atoms with Crippen molar-refractivity contribution in [3.05, 3.63) is 72.9 Å². The molecule has 0 fully saturated rings. The van der Waals surface area contributed by atoms with Gasteiger partial charge in [-0.15, -0.1) is 0 Å². The van der Waals surface area contributed by atoms with Crippen LogP contribution >= 0.6 is 0 Å². The summed E-state index contributed by atoms with van der Waals surface area (Å²) < 4.78 is 16.9. The maximum Gasteiger partial charge on any atom is 0.306 e. The zero-order valence-corrected chi connectivity index (χ0v) is 49.8. The number of unbranched alkanes of at least 4 members (excludes halogenated alkanes) is 36. The van der Waals surface area contributed by atoms with Crippen LogP contribution in [0.4, 0.5) is 0 Å². The second-order valence-electron chi connectivity index (χ2n) is 21.6. The zero-order chi connectivity index (χ0) is 54.3. The molecule has 0 spiro atoms. The van der Waals surface area contributed by atoms with Crippen molar-refractivity contribution >= 4 is 17.9 Å². The summed E-state index contributed by atoms with van der Waals surface area (Å²) in [5.41, 5.74) is 0. The van der Waals surface area contributed by atoms with E-state index < -0.39 is 6.10 Å². The highest BCUT2D eigenvalue weighted by Gasteiger charge is 2.19. The number of ether oxygens (including phenoxy) is 3. The molecule has 6 heteroatoms. The largest absolute Gasteiger partial charge is 0.462 e. The molecule has 434 valence electrons. The van der Waals surface area contributed by atoms with Crippen LogP contribution in [0, 0.1) is 0 Å². The average Bonchev–Trinajstić information content (AvgIpc) is 3.41. The lowest BCUT2D eigenvalue weighted by molar-refractivity contribution is -0.167. The van der Waals surface area contributed by atoms with Crippen molar-refractivity contribution in [2.75, 3.05) is 13.2 Å². The summed E-state index contributed by atoms with van der Waals surface area (Å²) in [6.07, 6.45) is 82.0. The third kappa shape index (κ3) is 61.6. The van der Waals surface area contributed by atoms with E-state index in [1.54, 1.807) is 0 Å². The van der Waals surface area contributed by atoms with E-state index in [4.69, 9.17) is 14.2 Å². The monoisotopic (exact) mass is 1050 g/mol. The highest BCUT2D eigenvalue weighted by molar-refractivity contribution is 5.71. The first-order valence-electron chi connectivity index (χ1n) is 32.4. The number of hydrogen-bond acceptors (Lipinski definition) is 6. The van der Waals surface area contributed by atoms with E-state index in [0.717, 1.165) is 109 Å². The molecular weight excluding hydrogens is 925 g/mol. The molecule has 0 N–H and O–H groups in total. The molecule has 0 saturated carbocycles. The first kappa shape index (κ1) is 71.8. The summed E-state index contributed by atoms with van der Waals surface area (Å²) in [5.74, 6) is -0.882. The average molecular weight is 1050 g/mol. The van der Waals surface area contributed by atoms with Crippen LogP contribution < -0.4 is 0 Å². The Morgan fingerprint density at radius 1 is 0.280 bits per heavy atom. The summed E-state index contributed by atoms with van der Waals surface area (Å²) >= 11 is 0. The Balaban J connectivity index is 4.21. The number of allylic oxidation sites excluding steroid dienone is 12. The predicted octanol–water partition coefficient (Wildman–Crippen LogP) is 22.1. The molecule has 1 unspecified atom stereocenters. The molecule has 0 bridgehead atoms. The first-order chi connectivity index (χ1) is 37.0. The Hall–Kier alpha value is -3.15. The third-order valence-electron chi connectivity index (χ3n) is 14.2. The highest BCUT2D eigenvalue weighted by atomic mass is 16.6. The van der Waals surface area contributed by atoms with Crippen molar-refractivity contribution < 1.29 is 28.6 Å². The summed E-state index contributed by atoms with van der Waals surface area (Å²) in [5, 5.41) is 0. The normalized spacial score (nSPS) is 12.5. The first-order valence-corrected chi connectivity index (χ1v) is 32.4. The Kier molecular flexibility index (Phi) is 60.7. The minimum absolute atomic E-state index is 0.0790. The van der Waals surface area contributed by atoms with Crippen LogP contribution in [0.5, 0.6) is 0 Å². The summed E-state index contributed by atoms with van der Waals surface area (Å²) in [6.45, 7) is 6.54. The Morgan fingerprint density at radius 2 is 0.520 bits per heavy atom. The van der Waals surface area contributed by atoms with Gasteiger partial charge in [0.1, 0.15) is 13.2 Å². The lowest BCUT2D eigenvalue weighted by atomic mass is 10.0. The van der Waals surface area contributed by atoms with Gasteiger partial charge in [0.05, 0.1) is 0 Å². The van der Waals surface area contributed by atoms with Gasteiger partial charge < -0.3 is 14.2 Å². The van der Waals surface area contributed by atoms with Crippen molar-refractivity contribution in [2.45, 2.75) is 335 Å². The van der Waals surface area contributed by atoms with E-state index in [2.05, 4.69) is 93.7 Å². The molecule has 0 radical (unpaired) electrons. The van der Waals surface area contributed by atoms with Crippen molar-refractivity contribution in [1.82, 2.24) is 0 Å². The van der Waals surface area contributed by atoms with E-state index in [1.807, 2.05) is 0 Å². The Bertz CT molecular complexity index is 1390. The van der Waals surface area contributed by atoms with E-state index in [0.29, 0.717) is 19.3 Å².